The number of halogens is 3. The molecular weight excluding hydrogens is 253 g/mol. The third kappa shape index (κ3) is 10.3. The molecule has 0 heterocycles. The van der Waals surface area contributed by atoms with E-state index in [0.29, 0.717) is 32.8 Å². The Hall–Kier alpha value is -0.860. The molecule has 5 nitrogen and oxygen atoms in total. The van der Waals surface area contributed by atoms with Gasteiger partial charge in [0.05, 0.1) is 13.2 Å². The maximum Gasteiger partial charge on any atom is 0.471 e. The molecule has 8 heteroatoms. The van der Waals surface area contributed by atoms with Gasteiger partial charge >= 0.3 is 12.1 Å². The highest BCUT2D eigenvalue weighted by atomic mass is 19.4. The Bertz CT molecular complexity index is 225. The van der Waals surface area contributed by atoms with E-state index in [2.05, 4.69) is 0 Å². The lowest BCUT2D eigenvalue weighted by molar-refractivity contribution is -0.173. The first-order chi connectivity index (χ1) is 8.48. The molecule has 0 aromatic rings. The summed E-state index contributed by atoms with van der Waals surface area (Å²) in [6.45, 7) is 2.15. The van der Waals surface area contributed by atoms with Crippen LogP contribution in [0.4, 0.5) is 13.2 Å². The molecule has 0 atom stereocenters. The predicted molar refractivity (Wildman–Crippen MR) is 59.0 cm³/mol. The molecule has 0 spiro atoms. The minimum Gasteiger partial charge on any atom is -0.379 e. The van der Waals surface area contributed by atoms with Gasteiger partial charge in [-0.1, -0.05) is 0 Å². The average molecular weight is 272 g/mol. The first-order valence-corrected chi connectivity index (χ1v) is 5.69. The van der Waals surface area contributed by atoms with Crippen LogP contribution < -0.4 is 11.1 Å². The number of nitrogens with two attached hydrogens (primary N) is 1. The number of hydrogen-bond acceptors (Lipinski definition) is 4. The van der Waals surface area contributed by atoms with E-state index in [1.54, 1.807) is 5.32 Å². The molecule has 0 aromatic heterocycles. The summed E-state index contributed by atoms with van der Waals surface area (Å²) in [6.07, 6.45) is -3.72. The minimum absolute atomic E-state index is 0.0631. The number of ether oxygens (including phenoxy) is 2. The van der Waals surface area contributed by atoms with Crippen molar-refractivity contribution in [1.29, 1.82) is 0 Å². The third-order valence-corrected chi connectivity index (χ3v) is 1.87. The molecule has 0 rings (SSSR count). The number of nitrogens with one attached hydrogen (secondary N) is 1. The SMILES string of the molecule is NCCCOCCOCCCNC(=O)C(F)(F)F. The van der Waals surface area contributed by atoms with Gasteiger partial charge in [0.25, 0.3) is 0 Å². The molecule has 0 aromatic carbocycles. The van der Waals surface area contributed by atoms with Crippen molar-refractivity contribution in [1.82, 2.24) is 5.32 Å². The highest BCUT2D eigenvalue weighted by Crippen LogP contribution is 2.13. The van der Waals surface area contributed by atoms with Crippen LogP contribution in [0.2, 0.25) is 0 Å². The van der Waals surface area contributed by atoms with Crippen molar-refractivity contribution >= 4 is 5.91 Å². The number of alkyl halides is 3. The van der Waals surface area contributed by atoms with Crippen LogP contribution in [0.3, 0.4) is 0 Å². The maximum absolute atomic E-state index is 11.8. The number of amides is 1. The van der Waals surface area contributed by atoms with Crippen LogP contribution in [-0.2, 0) is 14.3 Å². The van der Waals surface area contributed by atoms with E-state index in [4.69, 9.17) is 15.2 Å². The zero-order valence-corrected chi connectivity index (χ0v) is 10.1. The predicted octanol–water partition coefficient (Wildman–Crippen LogP) is 0.437. The van der Waals surface area contributed by atoms with Gasteiger partial charge in [-0.15, -0.1) is 0 Å². The summed E-state index contributed by atoms with van der Waals surface area (Å²) in [5.41, 5.74) is 5.25. The Morgan fingerprint density at radius 1 is 1.06 bits per heavy atom. The Balaban J connectivity index is 3.19. The molecule has 0 fully saturated rings. The second-order valence-electron chi connectivity index (χ2n) is 3.47. The van der Waals surface area contributed by atoms with E-state index in [-0.39, 0.29) is 13.2 Å². The molecule has 0 unspecified atom stereocenters. The molecule has 18 heavy (non-hydrogen) atoms. The molecule has 0 saturated heterocycles. The van der Waals surface area contributed by atoms with Crippen LogP contribution >= 0.6 is 0 Å². The van der Waals surface area contributed by atoms with E-state index >= 15 is 0 Å². The Labute approximate surface area is 104 Å². The Morgan fingerprint density at radius 2 is 1.61 bits per heavy atom. The minimum atomic E-state index is -4.82. The molecule has 0 aliphatic heterocycles. The fourth-order valence-electron chi connectivity index (χ4n) is 0.984. The molecule has 0 saturated carbocycles. The standard InChI is InChI=1S/C10H19F3N2O3/c11-10(12,13)9(16)15-4-2-6-18-8-7-17-5-1-3-14/h1-8,14H2,(H,15,16). The molecule has 0 bridgehead atoms. The summed E-state index contributed by atoms with van der Waals surface area (Å²) >= 11 is 0. The number of rotatable bonds is 10. The van der Waals surface area contributed by atoms with Crippen molar-refractivity contribution < 1.29 is 27.4 Å². The number of hydrogen-bond donors (Lipinski definition) is 2. The van der Waals surface area contributed by atoms with Crippen LogP contribution in [0.15, 0.2) is 0 Å². The zero-order chi connectivity index (χ0) is 13.9. The lowest BCUT2D eigenvalue weighted by atomic mass is 10.4. The van der Waals surface area contributed by atoms with E-state index in [1.807, 2.05) is 0 Å². The summed E-state index contributed by atoms with van der Waals surface area (Å²) in [7, 11) is 0. The van der Waals surface area contributed by atoms with E-state index in [9.17, 15) is 18.0 Å². The van der Waals surface area contributed by atoms with Crippen molar-refractivity contribution in [3.63, 3.8) is 0 Å². The van der Waals surface area contributed by atoms with Gasteiger partial charge < -0.3 is 20.5 Å². The normalized spacial score (nSPS) is 11.6. The quantitative estimate of drug-likeness (QED) is 0.566. The van der Waals surface area contributed by atoms with Crippen LogP contribution in [0, 0.1) is 0 Å². The van der Waals surface area contributed by atoms with Crippen LogP contribution in [0.25, 0.3) is 0 Å². The van der Waals surface area contributed by atoms with Gasteiger partial charge in [-0.25, -0.2) is 0 Å². The lowest BCUT2D eigenvalue weighted by Gasteiger charge is -2.08. The number of carbonyl (C=O) groups excluding carboxylic acids is 1. The Kier molecular flexibility index (Phi) is 9.62. The van der Waals surface area contributed by atoms with Gasteiger partial charge in [0, 0.05) is 19.8 Å². The molecule has 108 valence electrons. The fraction of sp³-hybridized carbons (Fsp3) is 0.900. The Morgan fingerprint density at radius 3 is 2.11 bits per heavy atom. The molecule has 3 N–H and O–H groups in total. The summed E-state index contributed by atoms with van der Waals surface area (Å²) in [4.78, 5) is 10.4. The van der Waals surface area contributed by atoms with E-state index in [0.717, 1.165) is 6.42 Å². The van der Waals surface area contributed by atoms with Crippen LogP contribution in [0.1, 0.15) is 12.8 Å². The number of carbonyl (C=O) groups is 1. The van der Waals surface area contributed by atoms with Crippen LogP contribution in [-0.4, -0.2) is 51.6 Å². The third-order valence-electron chi connectivity index (χ3n) is 1.87. The molecule has 1 amide bonds. The van der Waals surface area contributed by atoms with Crippen molar-refractivity contribution in [3.8, 4) is 0 Å². The molecule has 0 aliphatic carbocycles. The molecule has 0 aliphatic rings. The van der Waals surface area contributed by atoms with Crippen LogP contribution in [0.5, 0.6) is 0 Å². The smallest absolute Gasteiger partial charge is 0.379 e. The molecule has 0 radical (unpaired) electrons. The highest BCUT2D eigenvalue weighted by molar-refractivity contribution is 5.81. The largest absolute Gasteiger partial charge is 0.471 e. The fourth-order valence-corrected chi connectivity index (χ4v) is 0.984. The topological polar surface area (TPSA) is 73.6 Å². The summed E-state index contributed by atoms with van der Waals surface area (Å²) in [6, 6.07) is 0. The van der Waals surface area contributed by atoms with Gasteiger partial charge in [-0.2, -0.15) is 13.2 Å². The van der Waals surface area contributed by atoms with Gasteiger partial charge in [-0.3, -0.25) is 4.79 Å². The van der Waals surface area contributed by atoms with Gasteiger partial charge in [0.15, 0.2) is 0 Å². The maximum atomic E-state index is 11.8. The molecular formula is C10H19F3N2O3. The monoisotopic (exact) mass is 272 g/mol. The first-order valence-electron chi connectivity index (χ1n) is 5.69. The zero-order valence-electron chi connectivity index (χ0n) is 10.1. The van der Waals surface area contributed by atoms with Crippen molar-refractivity contribution in [2.45, 2.75) is 19.0 Å². The average Bonchev–Trinajstić information content (AvgIpc) is 2.30. The summed E-state index contributed by atoms with van der Waals surface area (Å²) in [5.74, 6) is -1.92. The van der Waals surface area contributed by atoms with Gasteiger partial charge in [0.1, 0.15) is 0 Å². The summed E-state index contributed by atoms with van der Waals surface area (Å²) in [5, 5.41) is 1.75. The van der Waals surface area contributed by atoms with Crippen molar-refractivity contribution in [2.24, 2.45) is 5.73 Å². The van der Waals surface area contributed by atoms with E-state index < -0.39 is 12.1 Å². The van der Waals surface area contributed by atoms with Gasteiger partial charge in [0.2, 0.25) is 0 Å². The second kappa shape index (κ2) is 10.1. The summed E-state index contributed by atoms with van der Waals surface area (Å²) < 4.78 is 45.5. The van der Waals surface area contributed by atoms with Gasteiger partial charge in [-0.05, 0) is 19.4 Å². The van der Waals surface area contributed by atoms with Crippen molar-refractivity contribution in [3.05, 3.63) is 0 Å². The van der Waals surface area contributed by atoms with Crippen molar-refractivity contribution in [2.75, 3.05) is 39.5 Å². The second-order valence-corrected chi connectivity index (χ2v) is 3.47. The first kappa shape index (κ1) is 17.1. The highest BCUT2D eigenvalue weighted by Gasteiger charge is 2.38. The lowest BCUT2D eigenvalue weighted by Crippen LogP contribution is -2.37. The van der Waals surface area contributed by atoms with E-state index in [1.165, 1.54) is 0 Å².